The third-order valence-corrected chi connectivity index (χ3v) is 8.36. The lowest BCUT2D eigenvalue weighted by atomic mass is 10.0. The van der Waals surface area contributed by atoms with Gasteiger partial charge in [0.25, 0.3) is 0 Å². The summed E-state index contributed by atoms with van der Waals surface area (Å²) in [5, 5.41) is 3.33. The Bertz CT molecular complexity index is 504. The first kappa shape index (κ1) is 40.9. The van der Waals surface area contributed by atoms with Crippen LogP contribution in [0.1, 0.15) is 201 Å². The van der Waals surface area contributed by atoms with Crippen LogP contribution in [0.5, 0.6) is 0 Å². The molecular weight excluding hydrogens is 522 g/mol. The summed E-state index contributed by atoms with van der Waals surface area (Å²) in [6.07, 6.45) is 30.6. The maximum atomic E-state index is 12.6. The van der Waals surface area contributed by atoms with Gasteiger partial charge in [-0.05, 0) is 64.3 Å². The summed E-state index contributed by atoms with van der Waals surface area (Å²) in [6.45, 7) is 10.3. The Labute approximate surface area is 262 Å². The lowest BCUT2D eigenvalue weighted by Crippen LogP contribution is -2.24. The van der Waals surface area contributed by atoms with Crippen LogP contribution in [0.2, 0.25) is 0 Å². The largest absolute Gasteiger partial charge is 0.462 e. The summed E-state index contributed by atoms with van der Waals surface area (Å²) in [5.74, 6) is -0.154. The second kappa shape index (κ2) is 32.8. The van der Waals surface area contributed by atoms with E-state index in [1.807, 2.05) is 0 Å². The van der Waals surface area contributed by atoms with Crippen molar-refractivity contribution in [3.05, 3.63) is 0 Å². The van der Waals surface area contributed by atoms with E-state index in [1.54, 1.807) is 0 Å². The van der Waals surface area contributed by atoms with Gasteiger partial charge in [0.1, 0.15) is 12.2 Å². The third-order valence-electron chi connectivity index (χ3n) is 8.36. The maximum Gasteiger partial charge on any atom is 0.307 e. The highest BCUT2D eigenvalue weighted by atomic mass is 16.5. The van der Waals surface area contributed by atoms with Gasteiger partial charge >= 0.3 is 11.9 Å². The number of carbonyl (C=O) groups excluding carboxylic acids is 2. The van der Waals surface area contributed by atoms with Crippen molar-refractivity contribution in [2.24, 2.45) is 0 Å². The van der Waals surface area contributed by atoms with Crippen LogP contribution in [0.4, 0.5) is 0 Å². The van der Waals surface area contributed by atoms with E-state index in [1.165, 1.54) is 103 Å². The summed E-state index contributed by atoms with van der Waals surface area (Å²) in [4.78, 5) is 25.1. The molecule has 0 amide bonds. The van der Waals surface area contributed by atoms with Crippen molar-refractivity contribution in [3.8, 4) is 0 Å². The molecule has 0 aromatic heterocycles. The predicted octanol–water partition coefficient (Wildman–Crippen LogP) is 11.0. The zero-order chi connectivity index (χ0) is 30.9. The zero-order valence-corrected chi connectivity index (χ0v) is 28.8. The fourth-order valence-corrected chi connectivity index (χ4v) is 5.59. The van der Waals surface area contributed by atoms with Gasteiger partial charge in [0.2, 0.25) is 0 Å². The van der Waals surface area contributed by atoms with Gasteiger partial charge in [0, 0.05) is 13.0 Å². The number of hydrogen-bond donors (Lipinski definition) is 1. The second-order valence-corrected chi connectivity index (χ2v) is 12.6. The highest BCUT2D eigenvalue weighted by Crippen LogP contribution is 2.18. The van der Waals surface area contributed by atoms with Gasteiger partial charge < -0.3 is 14.8 Å². The SMILES string of the molecule is CCCCCCCC(CCCCCCC)OC(=O)CCCNCCC(=O)OC(CCCCCCC)CCCCCCC. The molecule has 0 bridgehead atoms. The van der Waals surface area contributed by atoms with Gasteiger partial charge in [-0.25, -0.2) is 0 Å². The Balaban J connectivity index is 4.24. The molecule has 0 fully saturated rings. The molecule has 0 aromatic rings. The molecule has 0 unspecified atom stereocenters. The third kappa shape index (κ3) is 29.0. The quantitative estimate of drug-likeness (QED) is 0.0604. The molecule has 0 aliphatic rings. The molecule has 250 valence electrons. The molecule has 0 aliphatic heterocycles. The molecule has 1 N–H and O–H groups in total. The number of carbonyl (C=O) groups is 2. The molecule has 0 rings (SSSR count). The van der Waals surface area contributed by atoms with Crippen molar-refractivity contribution < 1.29 is 19.1 Å². The van der Waals surface area contributed by atoms with Gasteiger partial charge in [-0.3, -0.25) is 9.59 Å². The molecule has 0 aromatic carbocycles. The van der Waals surface area contributed by atoms with Crippen molar-refractivity contribution in [2.75, 3.05) is 13.1 Å². The van der Waals surface area contributed by atoms with Crippen LogP contribution in [0.15, 0.2) is 0 Å². The highest BCUT2D eigenvalue weighted by Gasteiger charge is 2.16. The molecule has 42 heavy (non-hydrogen) atoms. The number of esters is 2. The van der Waals surface area contributed by atoms with E-state index < -0.39 is 0 Å². The molecule has 0 saturated carbocycles. The Kier molecular flexibility index (Phi) is 31.9. The van der Waals surface area contributed by atoms with Gasteiger partial charge in [-0.2, -0.15) is 0 Å². The average Bonchev–Trinajstić information content (AvgIpc) is 2.98. The molecule has 0 aliphatic carbocycles. The van der Waals surface area contributed by atoms with Crippen LogP contribution in [0.25, 0.3) is 0 Å². The minimum Gasteiger partial charge on any atom is -0.462 e. The van der Waals surface area contributed by atoms with E-state index in [4.69, 9.17) is 9.47 Å². The van der Waals surface area contributed by atoms with Crippen LogP contribution >= 0.6 is 0 Å². The zero-order valence-electron chi connectivity index (χ0n) is 28.8. The van der Waals surface area contributed by atoms with Gasteiger partial charge in [-0.15, -0.1) is 0 Å². The van der Waals surface area contributed by atoms with E-state index in [2.05, 4.69) is 33.0 Å². The Morgan fingerprint density at radius 2 is 0.762 bits per heavy atom. The normalized spacial score (nSPS) is 11.5. The summed E-state index contributed by atoms with van der Waals surface area (Å²) in [7, 11) is 0. The predicted molar refractivity (Wildman–Crippen MR) is 180 cm³/mol. The summed E-state index contributed by atoms with van der Waals surface area (Å²) < 4.78 is 11.8. The molecule has 0 spiro atoms. The minimum atomic E-state index is -0.0882. The van der Waals surface area contributed by atoms with Crippen LogP contribution in [0, 0.1) is 0 Å². The number of nitrogens with one attached hydrogen (secondary N) is 1. The van der Waals surface area contributed by atoms with Crippen molar-refractivity contribution in [3.63, 3.8) is 0 Å². The lowest BCUT2D eigenvalue weighted by Gasteiger charge is -2.19. The Hall–Kier alpha value is -1.10. The molecular formula is C37H73NO4. The van der Waals surface area contributed by atoms with Crippen molar-refractivity contribution in [2.45, 2.75) is 213 Å². The number of hydrogen-bond acceptors (Lipinski definition) is 5. The average molecular weight is 596 g/mol. The topological polar surface area (TPSA) is 64.6 Å². The Morgan fingerprint density at radius 3 is 1.12 bits per heavy atom. The number of rotatable bonds is 33. The molecule has 0 saturated heterocycles. The molecule has 0 atom stereocenters. The van der Waals surface area contributed by atoms with E-state index in [0.717, 1.165) is 64.3 Å². The Morgan fingerprint density at radius 1 is 0.429 bits per heavy atom. The first-order chi connectivity index (χ1) is 20.6. The molecule has 5 nitrogen and oxygen atoms in total. The first-order valence-electron chi connectivity index (χ1n) is 18.7. The number of ether oxygens (including phenoxy) is 2. The van der Waals surface area contributed by atoms with Crippen LogP contribution in [0.3, 0.4) is 0 Å². The minimum absolute atomic E-state index is 0.0657. The molecule has 5 heteroatoms. The summed E-state index contributed by atoms with van der Waals surface area (Å²) in [5.41, 5.74) is 0. The van der Waals surface area contributed by atoms with Gasteiger partial charge in [0.05, 0.1) is 6.42 Å². The van der Waals surface area contributed by atoms with E-state index in [0.29, 0.717) is 19.4 Å². The van der Waals surface area contributed by atoms with Gasteiger partial charge in [0.15, 0.2) is 0 Å². The molecule has 0 radical (unpaired) electrons. The van der Waals surface area contributed by atoms with E-state index in [-0.39, 0.29) is 24.1 Å². The van der Waals surface area contributed by atoms with Crippen molar-refractivity contribution >= 4 is 11.9 Å². The summed E-state index contributed by atoms with van der Waals surface area (Å²) >= 11 is 0. The van der Waals surface area contributed by atoms with E-state index in [9.17, 15) is 9.59 Å². The van der Waals surface area contributed by atoms with Crippen LogP contribution in [-0.4, -0.2) is 37.2 Å². The van der Waals surface area contributed by atoms with Crippen LogP contribution < -0.4 is 5.32 Å². The smallest absolute Gasteiger partial charge is 0.307 e. The van der Waals surface area contributed by atoms with Crippen molar-refractivity contribution in [1.29, 1.82) is 0 Å². The lowest BCUT2D eigenvalue weighted by molar-refractivity contribution is -0.151. The van der Waals surface area contributed by atoms with Gasteiger partial charge in [-0.1, -0.05) is 130 Å². The second-order valence-electron chi connectivity index (χ2n) is 12.6. The first-order valence-corrected chi connectivity index (χ1v) is 18.7. The summed E-state index contributed by atoms with van der Waals surface area (Å²) in [6, 6.07) is 0. The highest BCUT2D eigenvalue weighted by molar-refractivity contribution is 5.70. The van der Waals surface area contributed by atoms with E-state index >= 15 is 0 Å². The number of unbranched alkanes of at least 4 members (excludes halogenated alkanes) is 16. The fourth-order valence-electron chi connectivity index (χ4n) is 5.59. The van der Waals surface area contributed by atoms with Crippen LogP contribution in [-0.2, 0) is 19.1 Å². The standard InChI is InChI=1S/C37H73NO4/c1-5-9-13-17-21-26-34(27-22-18-14-10-6-2)41-36(39)30-25-32-38-33-31-37(40)42-35(28-23-19-15-11-7-3)29-24-20-16-12-8-4/h34-35,38H,5-33H2,1-4H3. The monoisotopic (exact) mass is 596 g/mol. The molecule has 0 heterocycles. The van der Waals surface area contributed by atoms with Crippen molar-refractivity contribution in [1.82, 2.24) is 5.32 Å². The maximum absolute atomic E-state index is 12.6. The fraction of sp³-hybridized carbons (Fsp3) is 0.946.